The van der Waals surface area contributed by atoms with Gasteiger partial charge in [-0.05, 0) is 50.9 Å². The van der Waals surface area contributed by atoms with E-state index in [0.717, 1.165) is 0 Å². The number of hydrogen-bond donors (Lipinski definition) is 2. The summed E-state index contributed by atoms with van der Waals surface area (Å²) in [5.74, 6) is -1.29. The van der Waals surface area contributed by atoms with E-state index in [-0.39, 0.29) is 35.5 Å². The van der Waals surface area contributed by atoms with E-state index in [0.29, 0.717) is 19.5 Å². The molecule has 3 amide bonds. The molecule has 0 spiro atoms. The Morgan fingerprint density at radius 1 is 1.30 bits per heavy atom. The zero-order valence-electron chi connectivity index (χ0n) is 18.6. The molecule has 0 aromatic heterocycles. The van der Waals surface area contributed by atoms with Gasteiger partial charge in [0.2, 0.25) is 11.8 Å². The Hall–Kier alpha value is -2.32. The number of carbonyl (C=O) groups excluding carboxylic acids is 4. The third kappa shape index (κ3) is 4.25. The van der Waals surface area contributed by atoms with Gasteiger partial charge in [-0.3, -0.25) is 14.5 Å². The van der Waals surface area contributed by atoms with Gasteiger partial charge in [0.25, 0.3) is 0 Å². The lowest BCUT2D eigenvalue weighted by atomic mass is 9.97. The molecule has 30 heavy (non-hydrogen) atoms. The van der Waals surface area contributed by atoms with Crippen LogP contribution in [0.1, 0.15) is 47.5 Å². The number of carbonyl (C=O) groups is 4. The highest BCUT2D eigenvalue weighted by Crippen LogP contribution is 2.65. The first kappa shape index (κ1) is 22.4. The highest BCUT2D eigenvalue weighted by atomic mass is 16.6. The Bertz CT molecular complexity index is 744. The average Bonchev–Trinajstić information content (AvgIpc) is 3.01. The molecule has 3 rings (SSSR count). The molecule has 2 saturated heterocycles. The number of amides is 3. The van der Waals surface area contributed by atoms with Gasteiger partial charge in [-0.2, -0.15) is 0 Å². The summed E-state index contributed by atoms with van der Waals surface area (Å²) in [6.07, 6.45) is 0.240. The third-order valence-electron chi connectivity index (χ3n) is 6.59. The van der Waals surface area contributed by atoms with Crippen molar-refractivity contribution in [1.29, 1.82) is 0 Å². The van der Waals surface area contributed by atoms with E-state index in [1.54, 1.807) is 20.8 Å². The number of piperidine rings is 1. The topological polar surface area (TPSA) is 114 Å². The van der Waals surface area contributed by atoms with Crippen molar-refractivity contribution in [2.45, 2.75) is 65.1 Å². The number of rotatable bonds is 5. The SMILES string of the molecule is COC(=O)[C@H](C[C@@H]1CCNC1=O)NC(=O)[C@@H]1[C@@H]2[C@H](CN1C(=O)OC(C)(C)C)C2(C)C. The van der Waals surface area contributed by atoms with Crippen LogP contribution < -0.4 is 10.6 Å². The van der Waals surface area contributed by atoms with Crippen LogP contribution in [-0.2, 0) is 23.9 Å². The molecule has 3 aliphatic rings. The lowest BCUT2D eigenvalue weighted by Crippen LogP contribution is -2.54. The minimum Gasteiger partial charge on any atom is -0.467 e. The normalized spacial score (nSPS) is 30.2. The second-order valence-corrected chi connectivity index (χ2v) is 10.1. The smallest absolute Gasteiger partial charge is 0.410 e. The summed E-state index contributed by atoms with van der Waals surface area (Å²) in [6, 6.07) is -1.66. The summed E-state index contributed by atoms with van der Waals surface area (Å²) >= 11 is 0. The van der Waals surface area contributed by atoms with Crippen molar-refractivity contribution in [3.63, 3.8) is 0 Å². The van der Waals surface area contributed by atoms with E-state index in [1.807, 2.05) is 0 Å². The van der Waals surface area contributed by atoms with Crippen LogP contribution in [-0.4, -0.2) is 66.7 Å². The maximum absolute atomic E-state index is 13.3. The number of hydrogen-bond acceptors (Lipinski definition) is 6. The van der Waals surface area contributed by atoms with E-state index in [4.69, 9.17) is 9.47 Å². The van der Waals surface area contributed by atoms with Gasteiger partial charge < -0.3 is 20.1 Å². The fourth-order valence-corrected chi connectivity index (χ4v) is 4.86. The maximum atomic E-state index is 13.3. The molecule has 9 nitrogen and oxygen atoms in total. The number of nitrogens with zero attached hydrogens (tertiary/aromatic N) is 1. The predicted octanol–water partition coefficient (Wildman–Crippen LogP) is 1.06. The van der Waals surface area contributed by atoms with Crippen molar-refractivity contribution in [2.24, 2.45) is 23.2 Å². The van der Waals surface area contributed by atoms with Gasteiger partial charge in [0.1, 0.15) is 17.7 Å². The summed E-state index contributed by atoms with van der Waals surface area (Å²) in [7, 11) is 1.25. The summed E-state index contributed by atoms with van der Waals surface area (Å²) < 4.78 is 10.3. The lowest BCUT2D eigenvalue weighted by molar-refractivity contribution is -0.146. The van der Waals surface area contributed by atoms with Crippen molar-refractivity contribution in [3.05, 3.63) is 0 Å². The summed E-state index contributed by atoms with van der Waals surface area (Å²) in [6.45, 7) is 10.5. The minimum atomic E-state index is -0.947. The molecule has 9 heteroatoms. The van der Waals surface area contributed by atoms with E-state index >= 15 is 0 Å². The van der Waals surface area contributed by atoms with Gasteiger partial charge in [-0.15, -0.1) is 0 Å². The second kappa shape index (κ2) is 7.74. The number of nitrogens with one attached hydrogen (secondary N) is 2. The van der Waals surface area contributed by atoms with Gasteiger partial charge in [0, 0.05) is 19.0 Å². The van der Waals surface area contributed by atoms with Crippen molar-refractivity contribution < 1.29 is 28.7 Å². The van der Waals surface area contributed by atoms with Crippen LogP contribution in [0, 0.1) is 23.2 Å². The fourth-order valence-electron chi connectivity index (χ4n) is 4.86. The number of fused-ring (bicyclic) bond motifs is 1. The molecular weight excluding hydrogens is 390 g/mol. The molecular formula is C21H33N3O6. The lowest BCUT2D eigenvalue weighted by Gasteiger charge is -2.32. The molecule has 5 atom stereocenters. The van der Waals surface area contributed by atoms with Crippen LogP contribution >= 0.6 is 0 Å². The molecule has 3 fully saturated rings. The van der Waals surface area contributed by atoms with Gasteiger partial charge >= 0.3 is 12.1 Å². The zero-order valence-corrected chi connectivity index (χ0v) is 18.6. The molecule has 1 saturated carbocycles. The Balaban J connectivity index is 1.75. The van der Waals surface area contributed by atoms with Gasteiger partial charge in [0.05, 0.1) is 7.11 Å². The molecule has 168 valence electrons. The molecule has 0 aromatic carbocycles. The van der Waals surface area contributed by atoms with E-state index in [2.05, 4.69) is 24.5 Å². The first-order valence-corrected chi connectivity index (χ1v) is 10.5. The zero-order chi connectivity index (χ0) is 22.4. The fraction of sp³-hybridized carbons (Fsp3) is 0.810. The standard InChI is InChI=1S/C21H33N3O6/c1-20(2,3)30-19(28)24-10-12-14(21(12,4)5)15(24)17(26)23-13(18(27)29-6)9-11-7-8-22-16(11)25/h11-15H,7-10H2,1-6H3,(H,22,25)(H,23,26)/t11-,12-,13-,14-,15-/m0/s1. The Labute approximate surface area is 177 Å². The van der Waals surface area contributed by atoms with Crippen LogP contribution in [0.2, 0.25) is 0 Å². The highest BCUT2D eigenvalue weighted by molar-refractivity contribution is 5.91. The third-order valence-corrected chi connectivity index (χ3v) is 6.59. The van der Waals surface area contributed by atoms with Crippen LogP contribution in [0.5, 0.6) is 0 Å². The van der Waals surface area contributed by atoms with Gasteiger partial charge in [-0.25, -0.2) is 9.59 Å². The number of likely N-dealkylation sites (tertiary alicyclic amines) is 1. The minimum absolute atomic E-state index is 0.00176. The second-order valence-electron chi connectivity index (χ2n) is 10.1. The van der Waals surface area contributed by atoms with Gasteiger partial charge in [0.15, 0.2) is 0 Å². The molecule has 2 N–H and O–H groups in total. The van der Waals surface area contributed by atoms with Crippen molar-refractivity contribution in [3.8, 4) is 0 Å². The molecule has 0 radical (unpaired) electrons. The first-order chi connectivity index (χ1) is 13.9. The molecule has 2 heterocycles. The molecule has 0 aromatic rings. The van der Waals surface area contributed by atoms with E-state index in [1.165, 1.54) is 12.0 Å². The van der Waals surface area contributed by atoms with Crippen molar-refractivity contribution >= 4 is 23.9 Å². The quantitative estimate of drug-likeness (QED) is 0.639. The van der Waals surface area contributed by atoms with E-state index < -0.39 is 35.7 Å². The number of ether oxygens (including phenoxy) is 2. The summed E-state index contributed by atoms with van der Waals surface area (Å²) in [4.78, 5) is 51.7. The largest absolute Gasteiger partial charge is 0.467 e. The van der Waals surface area contributed by atoms with Gasteiger partial charge in [-0.1, -0.05) is 13.8 Å². The average molecular weight is 424 g/mol. The Morgan fingerprint density at radius 2 is 1.97 bits per heavy atom. The van der Waals surface area contributed by atoms with Crippen LogP contribution in [0.25, 0.3) is 0 Å². The molecule has 1 aliphatic carbocycles. The molecule has 0 unspecified atom stereocenters. The highest BCUT2D eigenvalue weighted by Gasteiger charge is 2.69. The van der Waals surface area contributed by atoms with Crippen molar-refractivity contribution in [2.75, 3.05) is 20.2 Å². The Kier molecular flexibility index (Phi) is 5.77. The molecule has 0 bridgehead atoms. The van der Waals surface area contributed by atoms with Crippen LogP contribution in [0.4, 0.5) is 4.79 Å². The number of methoxy groups -OCH3 is 1. The summed E-state index contributed by atoms with van der Waals surface area (Å²) in [5.41, 5.74) is -0.739. The predicted molar refractivity (Wildman–Crippen MR) is 107 cm³/mol. The van der Waals surface area contributed by atoms with Crippen LogP contribution in [0.3, 0.4) is 0 Å². The van der Waals surface area contributed by atoms with Crippen LogP contribution in [0.15, 0.2) is 0 Å². The monoisotopic (exact) mass is 423 g/mol. The maximum Gasteiger partial charge on any atom is 0.410 e. The molecule has 2 aliphatic heterocycles. The van der Waals surface area contributed by atoms with E-state index in [9.17, 15) is 19.2 Å². The Morgan fingerprint density at radius 3 is 2.50 bits per heavy atom. The first-order valence-electron chi connectivity index (χ1n) is 10.5. The summed E-state index contributed by atoms with van der Waals surface area (Å²) in [5, 5.41) is 5.49. The number of esters is 1. The van der Waals surface area contributed by atoms with Crippen molar-refractivity contribution in [1.82, 2.24) is 15.5 Å².